The molecule has 12 heteroatoms. The molecule has 3 heterocycles. The molecule has 0 aromatic carbocycles. The number of methoxy groups -OCH3 is 1. The van der Waals surface area contributed by atoms with Crippen LogP contribution in [0.5, 0.6) is 0 Å². The average Bonchev–Trinajstić information content (AvgIpc) is 3.02. The zero-order valence-electron chi connectivity index (χ0n) is 33.6. The van der Waals surface area contributed by atoms with Crippen molar-refractivity contribution in [3.8, 4) is 0 Å². The van der Waals surface area contributed by atoms with Gasteiger partial charge >= 0.3 is 5.97 Å². The summed E-state index contributed by atoms with van der Waals surface area (Å²) in [5, 5.41) is 11.4. The molecular formula is C39H70N4O8. The predicted octanol–water partition coefficient (Wildman–Crippen LogP) is 3.29. The molecule has 1 aliphatic carbocycles. The molecule has 3 saturated heterocycles. The molecule has 4 fully saturated rings. The Bertz CT molecular complexity index is 1180. The number of hydrogen-bond donors (Lipinski definition) is 1. The molecule has 0 aromatic rings. The van der Waals surface area contributed by atoms with Crippen molar-refractivity contribution in [2.24, 2.45) is 29.1 Å². The minimum Gasteiger partial charge on any atom is -0.463 e. The van der Waals surface area contributed by atoms with E-state index in [1.807, 2.05) is 44.8 Å². The van der Waals surface area contributed by atoms with Gasteiger partial charge in [-0.15, -0.1) is 0 Å². The average molecular weight is 723 g/mol. The largest absolute Gasteiger partial charge is 0.463 e. The molecule has 1 saturated carbocycles. The van der Waals surface area contributed by atoms with Gasteiger partial charge in [0.15, 0.2) is 12.1 Å². The van der Waals surface area contributed by atoms with Crippen LogP contribution in [0.25, 0.3) is 0 Å². The molecule has 0 bridgehead atoms. The number of rotatable bonds is 11. The SMILES string of the molecule is CO[C@]1(C)C[C@@H](C)CN(C)C(C2CN(C(=O)CCCN(C)CC3CCC3)C2)COC(=O)C(C)(C)C(=O)[C@H](C)[C@H]1OC1O[C@H](C)C[C@H](N(C)C)[C@H]1O. The van der Waals surface area contributed by atoms with Gasteiger partial charge in [0.2, 0.25) is 5.91 Å². The van der Waals surface area contributed by atoms with Crippen LogP contribution in [-0.2, 0) is 33.3 Å². The van der Waals surface area contributed by atoms with E-state index in [2.05, 4.69) is 23.8 Å². The fraction of sp³-hybridized carbons (Fsp3) is 0.923. The van der Waals surface area contributed by atoms with E-state index >= 15 is 0 Å². The highest BCUT2D eigenvalue weighted by molar-refractivity contribution is 6.04. The van der Waals surface area contributed by atoms with Gasteiger partial charge in [0, 0.05) is 63.6 Å². The molecule has 0 aromatic heterocycles. The van der Waals surface area contributed by atoms with E-state index in [-0.39, 0.29) is 48.3 Å². The van der Waals surface area contributed by atoms with Crippen LogP contribution in [0, 0.1) is 29.1 Å². The zero-order valence-corrected chi connectivity index (χ0v) is 33.6. The standard InChI is InChI=1S/C39H70N4O8/c1-25-19-39(6,48-11)35(51-36-33(45)30(40(7)8)18-26(2)50-36)27(3)34(46)38(4,5)37(47)49-24-31(42(10)20-25)29-22-43(23-29)32(44)16-13-17-41(9)21-28-14-12-15-28/h25-31,33,35-36,45H,12-24H2,1-11H3/t25-,26-,27+,30+,31?,33-,35-,36?,39-/m1/s1. The highest BCUT2D eigenvalue weighted by Crippen LogP contribution is 2.39. The van der Waals surface area contributed by atoms with Crippen molar-refractivity contribution >= 4 is 17.7 Å². The Labute approximate surface area is 307 Å². The summed E-state index contributed by atoms with van der Waals surface area (Å²) in [6.07, 6.45) is 3.66. The molecule has 294 valence electrons. The summed E-state index contributed by atoms with van der Waals surface area (Å²) in [6.45, 7) is 15.2. The molecular weight excluding hydrogens is 652 g/mol. The summed E-state index contributed by atoms with van der Waals surface area (Å²) in [5.74, 6) is -0.446. The first kappa shape index (κ1) is 42.1. The van der Waals surface area contributed by atoms with Crippen molar-refractivity contribution in [2.75, 3.05) is 74.6 Å². The van der Waals surface area contributed by atoms with Gasteiger partial charge < -0.3 is 38.8 Å². The number of hydrogen-bond acceptors (Lipinski definition) is 11. The quantitative estimate of drug-likeness (QED) is 0.250. The summed E-state index contributed by atoms with van der Waals surface area (Å²) < 4.78 is 25.0. The van der Waals surface area contributed by atoms with Crippen LogP contribution in [0.2, 0.25) is 0 Å². The van der Waals surface area contributed by atoms with E-state index in [1.54, 1.807) is 27.9 Å². The summed E-state index contributed by atoms with van der Waals surface area (Å²) in [4.78, 5) is 49.6. The van der Waals surface area contributed by atoms with E-state index in [9.17, 15) is 19.5 Å². The second-order valence-electron chi connectivity index (χ2n) is 17.6. The molecule has 3 aliphatic heterocycles. The van der Waals surface area contributed by atoms with Gasteiger partial charge in [0.1, 0.15) is 18.1 Å². The summed E-state index contributed by atoms with van der Waals surface area (Å²) in [5.41, 5.74) is -2.42. The lowest BCUT2D eigenvalue weighted by molar-refractivity contribution is -0.295. The molecule has 9 atom stereocenters. The van der Waals surface area contributed by atoms with Gasteiger partial charge in [-0.3, -0.25) is 19.3 Å². The fourth-order valence-electron chi connectivity index (χ4n) is 8.89. The first-order chi connectivity index (χ1) is 23.9. The maximum atomic E-state index is 14.3. The van der Waals surface area contributed by atoms with Crippen LogP contribution in [0.3, 0.4) is 0 Å². The number of nitrogens with zero attached hydrogens (tertiary/aromatic N) is 4. The van der Waals surface area contributed by atoms with Crippen molar-refractivity contribution in [3.63, 3.8) is 0 Å². The third kappa shape index (κ3) is 10.1. The number of ketones is 1. The molecule has 1 N–H and O–H groups in total. The van der Waals surface area contributed by atoms with Gasteiger partial charge in [-0.05, 0) is 106 Å². The lowest BCUT2D eigenvalue weighted by Crippen LogP contribution is -2.60. The second-order valence-corrected chi connectivity index (χ2v) is 17.6. The van der Waals surface area contributed by atoms with E-state index in [4.69, 9.17) is 18.9 Å². The molecule has 1 amide bonds. The Morgan fingerprint density at radius 1 is 1.06 bits per heavy atom. The van der Waals surface area contributed by atoms with Crippen molar-refractivity contribution in [1.82, 2.24) is 19.6 Å². The minimum atomic E-state index is -1.46. The van der Waals surface area contributed by atoms with E-state index in [0.717, 1.165) is 25.4 Å². The maximum Gasteiger partial charge on any atom is 0.319 e. The monoisotopic (exact) mass is 723 g/mol. The van der Waals surface area contributed by atoms with Gasteiger partial charge in [-0.2, -0.15) is 0 Å². The number of aliphatic hydroxyl groups is 1. The molecule has 4 aliphatic rings. The smallest absolute Gasteiger partial charge is 0.319 e. The van der Waals surface area contributed by atoms with Crippen molar-refractivity contribution < 1.29 is 38.4 Å². The maximum absolute atomic E-state index is 14.3. The lowest BCUT2D eigenvalue weighted by Gasteiger charge is -2.47. The number of esters is 1. The van der Waals surface area contributed by atoms with Gasteiger partial charge in [-0.1, -0.05) is 20.3 Å². The highest BCUT2D eigenvalue weighted by Gasteiger charge is 2.52. The summed E-state index contributed by atoms with van der Waals surface area (Å²) in [6, 6.07) is -0.306. The number of aliphatic hydroxyl groups excluding tert-OH is 1. The second kappa shape index (κ2) is 17.6. The van der Waals surface area contributed by atoms with E-state index in [1.165, 1.54) is 19.3 Å². The van der Waals surface area contributed by atoms with Crippen molar-refractivity contribution in [3.05, 3.63) is 0 Å². The normalized spacial score (nSPS) is 36.5. The first-order valence-electron chi connectivity index (χ1n) is 19.5. The van der Waals surface area contributed by atoms with Crippen molar-refractivity contribution in [2.45, 2.75) is 129 Å². The summed E-state index contributed by atoms with van der Waals surface area (Å²) >= 11 is 0. The fourth-order valence-corrected chi connectivity index (χ4v) is 8.89. The van der Waals surface area contributed by atoms with Crippen LogP contribution in [-0.4, -0.2) is 159 Å². The molecule has 51 heavy (non-hydrogen) atoms. The molecule has 0 radical (unpaired) electrons. The van der Waals surface area contributed by atoms with Gasteiger partial charge in [0.25, 0.3) is 0 Å². The number of cyclic esters (lactones) is 1. The van der Waals surface area contributed by atoms with Gasteiger partial charge in [0.05, 0.1) is 17.8 Å². The Morgan fingerprint density at radius 2 is 1.73 bits per heavy atom. The van der Waals surface area contributed by atoms with E-state index in [0.29, 0.717) is 38.9 Å². The molecule has 4 rings (SSSR count). The Kier molecular flexibility index (Phi) is 14.6. The number of Topliss-reactive ketones (excluding diaryl/α,β-unsaturated/α-hetero) is 1. The van der Waals surface area contributed by atoms with E-state index < -0.39 is 41.4 Å². The molecule has 0 spiro atoms. The molecule has 12 nitrogen and oxygen atoms in total. The first-order valence-corrected chi connectivity index (χ1v) is 19.5. The topological polar surface area (TPSA) is 121 Å². The summed E-state index contributed by atoms with van der Waals surface area (Å²) in [7, 11) is 9.66. The number of likely N-dealkylation sites (tertiary alicyclic amines) is 1. The number of carbonyl (C=O) groups is 3. The number of ether oxygens (including phenoxy) is 4. The van der Waals surface area contributed by atoms with Crippen LogP contribution in [0.4, 0.5) is 0 Å². The van der Waals surface area contributed by atoms with Crippen molar-refractivity contribution in [1.29, 1.82) is 0 Å². The number of carbonyl (C=O) groups excluding carboxylic acids is 3. The molecule has 2 unspecified atom stereocenters. The van der Waals surface area contributed by atoms with Crippen LogP contribution in [0.1, 0.15) is 86.5 Å². The van der Waals surface area contributed by atoms with Crippen LogP contribution < -0.4 is 0 Å². The van der Waals surface area contributed by atoms with Crippen LogP contribution in [0.15, 0.2) is 0 Å². The van der Waals surface area contributed by atoms with Crippen LogP contribution >= 0.6 is 0 Å². The third-order valence-corrected chi connectivity index (χ3v) is 12.5. The van der Waals surface area contributed by atoms with Gasteiger partial charge in [-0.25, -0.2) is 0 Å². The highest BCUT2D eigenvalue weighted by atomic mass is 16.7. The Hall–Kier alpha value is -1.67. The Balaban J connectivity index is 1.47. The Morgan fingerprint density at radius 3 is 2.31 bits per heavy atom. The minimum absolute atomic E-state index is 0.0979. The zero-order chi connectivity index (χ0) is 37.8. The number of amides is 1. The predicted molar refractivity (Wildman–Crippen MR) is 196 cm³/mol. The third-order valence-electron chi connectivity index (χ3n) is 12.5. The number of likely N-dealkylation sites (N-methyl/N-ethyl adjacent to an activating group) is 2. The lowest BCUT2D eigenvalue weighted by atomic mass is 9.74.